The van der Waals surface area contributed by atoms with Gasteiger partial charge in [-0.05, 0) is 67.4 Å². The van der Waals surface area contributed by atoms with Crippen LogP contribution in [0.2, 0.25) is 0 Å². The SMILES string of the molecule is CC(C)[C@H](NC(=O)C1CCCN1C(=O)[C@@H](N)C(C)C)C(O)C(F)(F)C(=O)NCc1ccccc1.CCOC(=O)CC(=O)N[C@H](C(=O)N1CCCC1C(=O)N[C@H](C(=O)C(F)(F)C(=O)NCc1ccccc1)C(C)C)C(C)C. The minimum Gasteiger partial charge on any atom is -0.466 e. The van der Waals surface area contributed by atoms with E-state index in [0.29, 0.717) is 36.9 Å². The smallest absolute Gasteiger partial charge is 0.383 e. The molecule has 0 aromatic heterocycles. The van der Waals surface area contributed by atoms with E-state index >= 15 is 0 Å². The van der Waals surface area contributed by atoms with E-state index in [0.717, 1.165) is 0 Å². The summed E-state index contributed by atoms with van der Waals surface area (Å²) in [6.45, 7) is 14.8. The van der Waals surface area contributed by atoms with Gasteiger partial charge in [-0.25, -0.2) is 0 Å². The molecule has 7 amide bonds. The van der Waals surface area contributed by atoms with Crippen molar-refractivity contribution in [1.29, 1.82) is 0 Å². The van der Waals surface area contributed by atoms with Crippen molar-refractivity contribution in [3.8, 4) is 0 Å². The van der Waals surface area contributed by atoms with Crippen molar-refractivity contribution < 1.29 is 70.6 Å². The summed E-state index contributed by atoms with van der Waals surface area (Å²) in [5.74, 6) is -19.6. The second-order valence-corrected chi connectivity index (χ2v) is 20.3. The quantitative estimate of drug-likeness (QED) is 0.0454. The van der Waals surface area contributed by atoms with Gasteiger partial charge in [-0.2, -0.15) is 17.6 Å². The molecule has 2 heterocycles. The van der Waals surface area contributed by atoms with Gasteiger partial charge in [-0.15, -0.1) is 0 Å². The fourth-order valence-corrected chi connectivity index (χ4v) is 8.45. The van der Waals surface area contributed by atoms with Crippen molar-refractivity contribution in [2.24, 2.45) is 29.4 Å². The van der Waals surface area contributed by atoms with E-state index in [2.05, 4.69) is 26.6 Å². The lowest BCUT2D eigenvalue weighted by atomic mass is 9.93. The topological polar surface area (TPSA) is 276 Å². The van der Waals surface area contributed by atoms with Gasteiger partial charge in [0.2, 0.25) is 35.3 Å². The number of ketones is 1. The minimum atomic E-state index is -4.42. The number of carbonyl (C=O) groups excluding carboxylic acids is 9. The third-order valence-electron chi connectivity index (χ3n) is 13.0. The van der Waals surface area contributed by atoms with Crippen molar-refractivity contribution >= 4 is 53.1 Å². The number of carbonyl (C=O) groups is 9. The van der Waals surface area contributed by atoms with Crippen molar-refractivity contribution in [3.05, 3.63) is 71.8 Å². The maximum absolute atomic E-state index is 15.0. The molecule has 422 valence electrons. The molecule has 19 nitrogen and oxygen atoms in total. The van der Waals surface area contributed by atoms with Crippen LogP contribution in [0.5, 0.6) is 0 Å². The van der Waals surface area contributed by atoms with Crippen LogP contribution in [0.4, 0.5) is 17.6 Å². The highest BCUT2D eigenvalue weighted by Gasteiger charge is 2.53. The monoisotopic (exact) mass is 1080 g/mol. The number of alkyl halides is 4. The van der Waals surface area contributed by atoms with Crippen LogP contribution in [0.1, 0.15) is 106 Å². The molecule has 8 N–H and O–H groups in total. The number of likely N-dealkylation sites (tertiary alicyclic amines) is 2. The minimum absolute atomic E-state index is 0.0907. The van der Waals surface area contributed by atoms with Crippen molar-refractivity contribution in [2.75, 3.05) is 19.7 Å². The van der Waals surface area contributed by atoms with E-state index in [-0.39, 0.29) is 44.5 Å². The summed E-state index contributed by atoms with van der Waals surface area (Å²) in [7, 11) is 0. The highest BCUT2D eigenvalue weighted by atomic mass is 19.3. The van der Waals surface area contributed by atoms with Crippen LogP contribution < -0.4 is 32.3 Å². The molecule has 2 saturated heterocycles. The number of nitrogens with two attached hydrogens (primary N) is 1. The largest absolute Gasteiger partial charge is 0.466 e. The van der Waals surface area contributed by atoms with Crippen LogP contribution in [0.15, 0.2) is 60.7 Å². The van der Waals surface area contributed by atoms with Gasteiger partial charge < -0.3 is 52.0 Å². The number of nitrogens with zero attached hydrogens (tertiary/aromatic N) is 2. The molecule has 3 unspecified atom stereocenters. The summed E-state index contributed by atoms with van der Waals surface area (Å²) >= 11 is 0. The Morgan fingerprint density at radius 3 is 1.55 bits per heavy atom. The zero-order valence-electron chi connectivity index (χ0n) is 44.7. The molecule has 23 heteroatoms. The molecule has 0 spiro atoms. The van der Waals surface area contributed by atoms with Crippen LogP contribution in [-0.4, -0.2) is 142 Å². The molecule has 2 fully saturated rings. The summed E-state index contributed by atoms with van der Waals surface area (Å²) in [5, 5.41) is 22.0. The van der Waals surface area contributed by atoms with E-state index in [9.17, 15) is 65.8 Å². The molecule has 2 aromatic rings. The Kier molecular flexibility index (Phi) is 24.5. The maximum atomic E-state index is 15.0. The van der Waals surface area contributed by atoms with Crippen molar-refractivity contribution in [3.63, 3.8) is 0 Å². The van der Waals surface area contributed by atoms with Crippen LogP contribution in [-0.2, 0) is 61.0 Å². The van der Waals surface area contributed by atoms with Crippen LogP contribution in [0.3, 0.4) is 0 Å². The average Bonchev–Trinajstić information content (AvgIpc) is 4.08. The number of halogens is 4. The number of ether oxygens (including phenoxy) is 1. The number of benzene rings is 2. The Hall–Kier alpha value is -6.49. The fourth-order valence-electron chi connectivity index (χ4n) is 8.45. The number of nitrogens with one attached hydrogen (secondary N) is 5. The second-order valence-electron chi connectivity index (χ2n) is 20.3. The molecule has 76 heavy (non-hydrogen) atoms. The lowest BCUT2D eigenvalue weighted by Gasteiger charge is -2.34. The summed E-state index contributed by atoms with van der Waals surface area (Å²) in [6.07, 6.45) is -1.50. The van der Waals surface area contributed by atoms with Crippen molar-refractivity contribution in [1.82, 2.24) is 36.4 Å². The third kappa shape index (κ3) is 17.5. The summed E-state index contributed by atoms with van der Waals surface area (Å²) < 4.78 is 64.4. The third-order valence-corrected chi connectivity index (χ3v) is 13.0. The Balaban J connectivity index is 0.000000409. The molecule has 2 aliphatic rings. The van der Waals surface area contributed by atoms with Gasteiger partial charge in [0.05, 0.1) is 24.7 Å². The molecule has 0 saturated carbocycles. The first-order chi connectivity index (χ1) is 35.6. The Bertz CT molecular complexity index is 2310. The van der Waals surface area contributed by atoms with Crippen LogP contribution in [0, 0.1) is 23.7 Å². The van der Waals surface area contributed by atoms with E-state index in [4.69, 9.17) is 10.5 Å². The van der Waals surface area contributed by atoms with Crippen LogP contribution in [0.25, 0.3) is 0 Å². The van der Waals surface area contributed by atoms with E-state index in [1.54, 1.807) is 109 Å². The molecule has 2 aromatic carbocycles. The number of amides is 7. The van der Waals surface area contributed by atoms with Gasteiger partial charge in [0, 0.05) is 26.2 Å². The molecule has 0 bridgehead atoms. The van der Waals surface area contributed by atoms with Crippen molar-refractivity contribution in [2.45, 2.75) is 162 Å². The van der Waals surface area contributed by atoms with Gasteiger partial charge in [0.25, 0.3) is 11.8 Å². The zero-order chi connectivity index (χ0) is 57.2. The standard InChI is InChI=1S/C29H40F2N4O7.C24H36F2N4O4/c1-6-42-22(37)15-21(36)33-24(18(4)5)27(40)35-14-10-13-20(35)26(39)34-23(17(2)3)25(38)29(30,31)28(41)32-16-19-11-8-7-9-12-19;1-14(2)18(27)22(33)30-12-8-11-17(30)21(32)29-19(15(3)4)20(31)24(25,26)23(34)28-13-16-9-6-5-7-10-16/h7-9,11-12,17-18,20,23-24H,6,10,13-16H2,1-5H3,(H,32,41)(H,33,36)(H,34,39);5-7,9-10,14-15,17-20,31H,8,11-13,27H2,1-4H3,(H,28,34)(H,29,32)/t20?,23-,24-;17?,18-,19-,20?/m00/s1. The van der Waals surface area contributed by atoms with Crippen LogP contribution >= 0.6 is 0 Å². The van der Waals surface area contributed by atoms with Gasteiger partial charge >= 0.3 is 17.8 Å². The lowest BCUT2D eigenvalue weighted by molar-refractivity contribution is -0.169. The molecule has 4 rings (SSSR count). The number of aliphatic hydroxyl groups excluding tert-OH is 1. The van der Waals surface area contributed by atoms with Gasteiger partial charge in [-0.3, -0.25) is 43.2 Å². The van der Waals surface area contributed by atoms with Gasteiger partial charge in [0.15, 0.2) is 0 Å². The number of rotatable bonds is 24. The fraction of sp³-hybridized carbons (Fsp3) is 0.604. The molecular weight excluding hydrogens is 1000 g/mol. The second kappa shape index (κ2) is 29.1. The normalized spacial score (nSPS) is 17.7. The Morgan fingerprint density at radius 1 is 0.645 bits per heavy atom. The van der Waals surface area contributed by atoms with E-state index < -0.39 is 126 Å². The van der Waals surface area contributed by atoms with E-state index in [1.807, 2.05) is 0 Å². The number of esters is 1. The molecule has 0 aliphatic carbocycles. The first-order valence-corrected chi connectivity index (χ1v) is 25.6. The predicted molar refractivity (Wildman–Crippen MR) is 271 cm³/mol. The number of Topliss-reactive ketones (excluding diaryl/α,β-unsaturated/α-hetero) is 1. The molecule has 7 atom stereocenters. The zero-order valence-corrected chi connectivity index (χ0v) is 44.7. The predicted octanol–water partition coefficient (Wildman–Crippen LogP) is 3.15. The molecular formula is C53H76F4N8O11. The number of hydrogen-bond acceptors (Lipinski definition) is 12. The Morgan fingerprint density at radius 2 is 1.11 bits per heavy atom. The maximum Gasteiger partial charge on any atom is 0.383 e. The summed E-state index contributed by atoms with van der Waals surface area (Å²) in [6, 6.07) is 9.92. The van der Waals surface area contributed by atoms with E-state index in [1.165, 1.54) is 23.6 Å². The Labute approximate surface area is 441 Å². The van der Waals surface area contributed by atoms with Gasteiger partial charge in [-0.1, -0.05) is 116 Å². The number of hydrogen-bond donors (Lipinski definition) is 7. The first kappa shape index (κ1) is 63.8. The first-order valence-electron chi connectivity index (χ1n) is 25.6. The number of aliphatic hydroxyl groups is 1. The molecule has 0 radical (unpaired) electrons. The average molecular weight is 1080 g/mol. The lowest BCUT2D eigenvalue weighted by Crippen LogP contribution is -2.61. The molecule has 2 aliphatic heterocycles. The highest BCUT2D eigenvalue weighted by molar-refractivity contribution is 6.11. The summed E-state index contributed by atoms with van der Waals surface area (Å²) in [5.41, 5.74) is 7.14. The summed E-state index contributed by atoms with van der Waals surface area (Å²) in [4.78, 5) is 116. The van der Waals surface area contributed by atoms with Gasteiger partial charge in [0.1, 0.15) is 30.7 Å². The highest BCUT2D eigenvalue weighted by Crippen LogP contribution is 2.28.